The van der Waals surface area contributed by atoms with Gasteiger partial charge in [0.15, 0.2) is 11.5 Å². The molecule has 1 unspecified atom stereocenters. The lowest BCUT2D eigenvalue weighted by atomic mass is 9.29. The zero-order valence-electron chi connectivity index (χ0n) is 17.5. The van der Waals surface area contributed by atoms with Gasteiger partial charge in [-0.3, -0.25) is 4.79 Å². The predicted molar refractivity (Wildman–Crippen MR) is 106 cm³/mol. The molecule has 1 heterocycles. The summed E-state index contributed by atoms with van der Waals surface area (Å²) in [4.78, 5) is 13.0. The maximum atomic E-state index is 13.0. The van der Waals surface area contributed by atoms with Crippen LogP contribution in [0, 0.1) is 17.3 Å². The van der Waals surface area contributed by atoms with Crippen LogP contribution >= 0.6 is 0 Å². The Balaban J connectivity index is 1.66. The van der Waals surface area contributed by atoms with Crippen molar-refractivity contribution in [1.82, 2.24) is 0 Å². The van der Waals surface area contributed by atoms with E-state index in [-0.39, 0.29) is 16.8 Å². The van der Waals surface area contributed by atoms with E-state index in [1.165, 1.54) is 17.5 Å². The van der Waals surface area contributed by atoms with Gasteiger partial charge in [-0.25, -0.2) is 0 Å². The second-order valence-corrected chi connectivity index (χ2v) is 10.1. The molecule has 5 heteroatoms. The number of hydrogen-bond donors (Lipinski definition) is 1. The Morgan fingerprint density at radius 2 is 2.14 bits per heavy atom. The lowest BCUT2D eigenvalue weighted by molar-refractivity contribution is -0.303. The molecule has 4 saturated carbocycles. The van der Waals surface area contributed by atoms with Gasteiger partial charge in [0.1, 0.15) is 11.2 Å². The normalized spacial score (nSPS) is 45.4. The van der Waals surface area contributed by atoms with Crippen LogP contribution in [0.4, 0.5) is 0 Å². The molecule has 156 valence electrons. The fraction of sp³-hybridized carbons (Fsp3) is 0.708. The lowest BCUT2D eigenvalue weighted by Crippen LogP contribution is -2.83. The molecule has 5 aliphatic carbocycles. The minimum absolute atomic E-state index is 0.0213. The fourth-order valence-corrected chi connectivity index (χ4v) is 8.70. The van der Waals surface area contributed by atoms with Crippen molar-refractivity contribution in [2.45, 2.75) is 75.4 Å². The molecule has 1 aliphatic heterocycles. The number of benzene rings is 1. The standard InChI is InChI=1S/C24H30O5/c1-4-28-20(25)16-13-22-10-11-24(16,26)21(2)23(22)9-5-6-15(22)12-14-7-8-17(27-3)19(29-21)18(14)23/h7-8,15-16,26H,4-6,9-13H2,1-3H3/t15-,16-,21+,22-,23?,24-/m1/s1. The summed E-state index contributed by atoms with van der Waals surface area (Å²) in [5.74, 6) is 1.27. The average Bonchev–Trinajstić information content (AvgIpc) is 2.98. The van der Waals surface area contributed by atoms with Crippen LogP contribution in [0.2, 0.25) is 0 Å². The van der Waals surface area contributed by atoms with Gasteiger partial charge in [-0.05, 0) is 75.3 Å². The summed E-state index contributed by atoms with van der Waals surface area (Å²) in [6.07, 6.45) is 6.62. The number of aliphatic hydroxyl groups is 1. The Bertz CT molecular complexity index is 926. The molecule has 0 saturated heterocycles. The maximum absolute atomic E-state index is 13.0. The van der Waals surface area contributed by atoms with Gasteiger partial charge in [-0.1, -0.05) is 12.5 Å². The predicted octanol–water partition coefficient (Wildman–Crippen LogP) is 3.53. The summed E-state index contributed by atoms with van der Waals surface area (Å²) >= 11 is 0. The summed E-state index contributed by atoms with van der Waals surface area (Å²) in [5.41, 5.74) is 0.266. The van der Waals surface area contributed by atoms with Crippen LogP contribution in [0.25, 0.3) is 0 Å². The van der Waals surface area contributed by atoms with Crippen LogP contribution in [-0.4, -0.2) is 36.0 Å². The summed E-state index contributed by atoms with van der Waals surface area (Å²) < 4.78 is 17.9. The zero-order chi connectivity index (χ0) is 20.2. The molecular weight excluding hydrogens is 368 g/mol. The minimum Gasteiger partial charge on any atom is -0.493 e. The second-order valence-electron chi connectivity index (χ2n) is 10.1. The Labute approximate surface area is 171 Å². The molecule has 4 bridgehead atoms. The first-order valence-corrected chi connectivity index (χ1v) is 11.2. The SMILES string of the molecule is CCOC(=O)[C@H]1C[C@@]23CC[C@]1(O)[C@@]1(C)Oc4c(OC)ccc5c4C21CCC[C@@H]3C5. The number of fused-ring (bicyclic) bond motifs is 2. The number of ether oxygens (including phenoxy) is 3. The highest BCUT2D eigenvalue weighted by molar-refractivity contribution is 5.77. The molecule has 0 radical (unpaired) electrons. The molecule has 7 rings (SSSR count). The van der Waals surface area contributed by atoms with Gasteiger partial charge in [0.05, 0.1) is 19.6 Å². The first-order chi connectivity index (χ1) is 13.9. The smallest absolute Gasteiger partial charge is 0.312 e. The largest absolute Gasteiger partial charge is 0.493 e. The van der Waals surface area contributed by atoms with Crippen molar-refractivity contribution in [1.29, 1.82) is 0 Å². The quantitative estimate of drug-likeness (QED) is 0.789. The highest BCUT2D eigenvalue weighted by Gasteiger charge is 2.85. The minimum atomic E-state index is -1.23. The first kappa shape index (κ1) is 18.1. The Hall–Kier alpha value is -1.75. The molecule has 6 aliphatic rings. The second kappa shape index (κ2) is 5.29. The lowest BCUT2D eigenvalue weighted by Gasteiger charge is -2.74. The van der Waals surface area contributed by atoms with Crippen LogP contribution in [0.5, 0.6) is 11.5 Å². The van der Waals surface area contributed by atoms with E-state index in [0.29, 0.717) is 25.4 Å². The topological polar surface area (TPSA) is 65.0 Å². The maximum Gasteiger partial charge on any atom is 0.312 e. The zero-order valence-corrected chi connectivity index (χ0v) is 17.5. The Morgan fingerprint density at radius 3 is 2.90 bits per heavy atom. The van der Waals surface area contributed by atoms with E-state index in [1.54, 1.807) is 7.11 Å². The Kier molecular flexibility index (Phi) is 3.29. The van der Waals surface area contributed by atoms with Crippen LogP contribution in [0.3, 0.4) is 0 Å². The number of rotatable bonds is 3. The summed E-state index contributed by atoms with van der Waals surface area (Å²) in [7, 11) is 1.68. The van der Waals surface area contributed by atoms with Gasteiger partial charge in [0.25, 0.3) is 0 Å². The van der Waals surface area contributed by atoms with E-state index in [0.717, 1.165) is 37.2 Å². The summed E-state index contributed by atoms with van der Waals surface area (Å²) in [6.45, 7) is 4.24. The first-order valence-electron chi connectivity index (χ1n) is 11.2. The van der Waals surface area contributed by atoms with Crippen LogP contribution in [0.15, 0.2) is 12.1 Å². The molecule has 5 nitrogen and oxygen atoms in total. The van der Waals surface area contributed by atoms with Crippen molar-refractivity contribution in [3.05, 3.63) is 23.3 Å². The number of carbonyl (C=O) groups excluding carboxylic acids is 1. The van der Waals surface area contributed by atoms with Crippen LogP contribution < -0.4 is 9.47 Å². The molecular formula is C24H30O5. The van der Waals surface area contributed by atoms with Crippen molar-refractivity contribution in [2.75, 3.05) is 13.7 Å². The van der Waals surface area contributed by atoms with Crippen LogP contribution in [-0.2, 0) is 21.4 Å². The third-order valence-corrected chi connectivity index (χ3v) is 9.67. The van der Waals surface area contributed by atoms with Crippen molar-refractivity contribution < 1.29 is 24.1 Å². The molecule has 4 fully saturated rings. The van der Waals surface area contributed by atoms with Crippen molar-refractivity contribution >= 4 is 5.97 Å². The van der Waals surface area contributed by atoms with E-state index >= 15 is 0 Å². The third-order valence-electron chi connectivity index (χ3n) is 9.67. The van der Waals surface area contributed by atoms with Gasteiger partial charge in [-0.15, -0.1) is 0 Å². The number of hydrogen-bond acceptors (Lipinski definition) is 5. The third kappa shape index (κ3) is 1.63. The molecule has 6 atom stereocenters. The molecule has 0 aromatic heterocycles. The van der Waals surface area contributed by atoms with Crippen molar-refractivity contribution in [3.63, 3.8) is 0 Å². The van der Waals surface area contributed by atoms with Crippen molar-refractivity contribution in [3.8, 4) is 11.5 Å². The molecule has 29 heavy (non-hydrogen) atoms. The number of methoxy groups -OCH3 is 1. The van der Waals surface area contributed by atoms with Gasteiger partial charge >= 0.3 is 5.97 Å². The molecule has 1 N–H and O–H groups in total. The highest BCUT2D eigenvalue weighted by Crippen LogP contribution is 2.81. The van der Waals surface area contributed by atoms with E-state index in [1.807, 2.05) is 13.0 Å². The van der Waals surface area contributed by atoms with Gasteiger partial charge in [0, 0.05) is 11.0 Å². The molecule has 1 aromatic rings. The van der Waals surface area contributed by atoms with Crippen molar-refractivity contribution in [2.24, 2.45) is 17.3 Å². The van der Waals surface area contributed by atoms with Gasteiger partial charge < -0.3 is 19.3 Å². The van der Waals surface area contributed by atoms with Crippen LogP contribution in [0.1, 0.15) is 63.5 Å². The number of carbonyl (C=O) groups is 1. The summed E-state index contributed by atoms with van der Waals surface area (Å²) in [5, 5.41) is 12.2. The summed E-state index contributed by atoms with van der Waals surface area (Å²) in [6, 6.07) is 4.21. The average molecular weight is 398 g/mol. The van der Waals surface area contributed by atoms with E-state index in [2.05, 4.69) is 13.0 Å². The van der Waals surface area contributed by atoms with E-state index in [9.17, 15) is 9.90 Å². The van der Waals surface area contributed by atoms with E-state index in [4.69, 9.17) is 14.2 Å². The fourth-order valence-electron chi connectivity index (χ4n) is 8.70. The Morgan fingerprint density at radius 1 is 1.31 bits per heavy atom. The molecule has 1 aromatic carbocycles. The monoisotopic (exact) mass is 398 g/mol. The number of esters is 1. The van der Waals surface area contributed by atoms with E-state index < -0.39 is 17.1 Å². The van der Waals surface area contributed by atoms with Gasteiger partial charge in [-0.2, -0.15) is 0 Å². The highest BCUT2D eigenvalue weighted by atomic mass is 16.6. The molecule has 2 spiro atoms. The molecule has 0 amide bonds. The van der Waals surface area contributed by atoms with Gasteiger partial charge in [0.2, 0.25) is 0 Å².